The Morgan fingerprint density at radius 2 is 1.53 bits per heavy atom. The van der Waals surface area contributed by atoms with E-state index in [0.717, 1.165) is 4.47 Å². The molecule has 2 aromatic carbocycles. The highest BCUT2D eigenvalue weighted by atomic mass is 79.9. The summed E-state index contributed by atoms with van der Waals surface area (Å²) in [4.78, 5) is 0. The van der Waals surface area contributed by atoms with Gasteiger partial charge in [-0.05, 0) is 42.7 Å². The van der Waals surface area contributed by atoms with Crippen LogP contribution in [-0.4, -0.2) is 0 Å². The van der Waals surface area contributed by atoms with Gasteiger partial charge in [0, 0.05) is 4.47 Å². The maximum Gasteiger partial charge on any atom is 0.0175 e. The summed E-state index contributed by atoms with van der Waals surface area (Å²) in [6.07, 6.45) is 0. The van der Waals surface area contributed by atoms with Crippen molar-refractivity contribution in [2.75, 3.05) is 0 Å². The minimum atomic E-state index is 1.12. The summed E-state index contributed by atoms with van der Waals surface area (Å²) in [6.45, 7) is 4.28. The number of halogens is 1. The lowest BCUT2D eigenvalue weighted by atomic mass is 9.99. The highest BCUT2D eigenvalue weighted by Crippen LogP contribution is 2.25. The molecule has 0 aliphatic carbocycles. The van der Waals surface area contributed by atoms with Gasteiger partial charge >= 0.3 is 0 Å². The van der Waals surface area contributed by atoms with Crippen LogP contribution in [0.25, 0.3) is 11.1 Å². The van der Waals surface area contributed by atoms with E-state index in [2.05, 4.69) is 72.2 Å². The summed E-state index contributed by atoms with van der Waals surface area (Å²) in [5.74, 6) is 0. The van der Waals surface area contributed by atoms with Gasteiger partial charge in [-0.25, -0.2) is 0 Å². The third-order valence-electron chi connectivity index (χ3n) is 2.55. The monoisotopic (exact) mass is 260 g/mol. The summed E-state index contributed by atoms with van der Waals surface area (Å²) < 4.78 is 1.12. The van der Waals surface area contributed by atoms with E-state index in [4.69, 9.17) is 0 Å². The second kappa shape index (κ2) is 4.19. The quantitative estimate of drug-likeness (QED) is 0.696. The van der Waals surface area contributed by atoms with Crippen LogP contribution >= 0.6 is 15.9 Å². The van der Waals surface area contributed by atoms with Crippen LogP contribution in [0.1, 0.15) is 11.1 Å². The van der Waals surface area contributed by atoms with Gasteiger partial charge < -0.3 is 0 Å². The van der Waals surface area contributed by atoms with E-state index >= 15 is 0 Å². The molecule has 0 aliphatic rings. The normalized spacial score (nSPS) is 10.3. The number of hydrogen-bond acceptors (Lipinski definition) is 0. The molecule has 15 heavy (non-hydrogen) atoms. The Morgan fingerprint density at radius 1 is 0.867 bits per heavy atom. The Kier molecular flexibility index (Phi) is 2.92. The molecule has 0 unspecified atom stereocenters. The molecule has 0 bridgehead atoms. The molecule has 2 aromatic rings. The second-order valence-corrected chi connectivity index (χ2v) is 4.74. The summed E-state index contributed by atoms with van der Waals surface area (Å²) >= 11 is 3.45. The van der Waals surface area contributed by atoms with Crippen molar-refractivity contribution in [3.8, 4) is 11.1 Å². The Labute approximate surface area is 99.1 Å². The van der Waals surface area contributed by atoms with Crippen LogP contribution in [0, 0.1) is 13.8 Å². The van der Waals surface area contributed by atoms with Crippen molar-refractivity contribution < 1.29 is 0 Å². The minimum absolute atomic E-state index is 1.12. The predicted molar refractivity (Wildman–Crippen MR) is 69.1 cm³/mol. The molecule has 0 heterocycles. The number of rotatable bonds is 1. The Morgan fingerprint density at radius 3 is 2.20 bits per heavy atom. The average molecular weight is 261 g/mol. The van der Waals surface area contributed by atoms with Gasteiger partial charge in [0.1, 0.15) is 0 Å². The standard InChI is InChI=1S/C14H13Br/c1-10-3-4-11(2)14(9-10)12-5-7-13(15)8-6-12/h3-9H,1-2H3. The average Bonchev–Trinajstić information content (AvgIpc) is 2.23. The summed E-state index contributed by atoms with van der Waals surface area (Å²) in [5, 5.41) is 0. The van der Waals surface area contributed by atoms with Gasteiger partial charge in [-0.3, -0.25) is 0 Å². The van der Waals surface area contributed by atoms with E-state index in [9.17, 15) is 0 Å². The van der Waals surface area contributed by atoms with E-state index in [1.54, 1.807) is 0 Å². The zero-order valence-corrected chi connectivity index (χ0v) is 10.5. The first-order valence-corrected chi connectivity index (χ1v) is 5.79. The topological polar surface area (TPSA) is 0 Å². The molecule has 1 heteroatoms. The molecule has 0 radical (unpaired) electrons. The molecule has 0 nitrogen and oxygen atoms in total. The van der Waals surface area contributed by atoms with Gasteiger partial charge in [0.2, 0.25) is 0 Å². The van der Waals surface area contributed by atoms with E-state index in [1.807, 2.05) is 0 Å². The van der Waals surface area contributed by atoms with Crippen LogP contribution in [0.5, 0.6) is 0 Å². The van der Waals surface area contributed by atoms with E-state index in [1.165, 1.54) is 22.3 Å². The van der Waals surface area contributed by atoms with Crippen molar-refractivity contribution in [1.82, 2.24) is 0 Å². The molecule has 0 saturated carbocycles. The summed E-state index contributed by atoms with van der Waals surface area (Å²) in [5.41, 5.74) is 5.23. The molecule has 0 saturated heterocycles. The van der Waals surface area contributed by atoms with Gasteiger partial charge in [-0.15, -0.1) is 0 Å². The first-order chi connectivity index (χ1) is 7.16. The van der Waals surface area contributed by atoms with Crippen molar-refractivity contribution >= 4 is 15.9 Å². The lowest BCUT2D eigenvalue weighted by Gasteiger charge is -2.07. The van der Waals surface area contributed by atoms with Crippen molar-refractivity contribution in [2.24, 2.45) is 0 Å². The predicted octanol–water partition coefficient (Wildman–Crippen LogP) is 4.73. The van der Waals surface area contributed by atoms with Crippen LogP contribution in [-0.2, 0) is 0 Å². The van der Waals surface area contributed by atoms with E-state index < -0.39 is 0 Å². The van der Waals surface area contributed by atoms with Gasteiger partial charge in [0.15, 0.2) is 0 Å². The first-order valence-electron chi connectivity index (χ1n) is 5.00. The third-order valence-corrected chi connectivity index (χ3v) is 3.08. The molecule has 2 rings (SSSR count). The zero-order valence-electron chi connectivity index (χ0n) is 8.92. The van der Waals surface area contributed by atoms with E-state index in [-0.39, 0.29) is 0 Å². The SMILES string of the molecule is Cc1ccc(C)c(-c2ccc(Br)cc2)c1. The lowest BCUT2D eigenvalue weighted by Crippen LogP contribution is -1.84. The maximum absolute atomic E-state index is 3.45. The molecule has 0 amide bonds. The highest BCUT2D eigenvalue weighted by Gasteiger charge is 2.01. The number of hydrogen-bond donors (Lipinski definition) is 0. The van der Waals surface area contributed by atoms with Crippen LogP contribution in [0.15, 0.2) is 46.9 Å². The number of benzene rings is 2. The summed E-state index contributed by atoms with van der Waals surface area (Å²) in [6, 6.07) is 15.0. The van der Waals surface area contributed by atoms with Gasteiger partial charge in [-0.2, -0.15) is 0 Å². The first kappa shape index (κ1) is 10.4. The van der Waals surface area contributed by atoms with Gasteiger partial charge in [-0.1, -0.05) is 51.8 Å². The molecule has 0 atom stereocenters. The lowest BCUT2D eigenvalue weighted by molar-refractivity contribution is 1.39. The van der Waals surface area contributed by atoms with Crippen molar-refractivity contribution in [1.29, 1.82) is 0 Å². The fraction of sp³-hybridized carbons (Fsp3) is 0.143. The van der Waals surface area contributed by atoms with Crippen LogP contribution in [0.2, 0.25) is 0 Å². The minimum Gasteiger partial charge on any atom is -0.0590 e. The molecule has 0 fully saturated rings. The zero-order chi connectivity index (χ0) is 10.8. The largest absolute Gasteiger partial charge is 0.0590 e. The van der Waals surface area contributed by atoms with Crippen LogP contribution in [0.3, 0.4) is 0 Å². The number of aryl methyl sites for hydroxylation is 2. The molecule has 0 aromatic heterocycles. The highest BCUT2D eigenvalue weighted by molar-refractivity contribution is 9.10. The maximum atomic E-state index is 3.45. The van der Waals surface area contributed by atoms with Gasteiger partial charge in [0.05, 0.1) is 0 Å². The summed E-state index contributed by atoms with van der Waals surface area (Å²) in [7, 11) is 0. The molecular formula is C14H13Br. The van der Waals surface area contributed by atoms with Crippen molar-refractivity contribution in [2.45, 2.75) is 13.8 Å². The smallest absolute Gasteiger partial charge is 0.0175 e. The Balaban J connectivity index is 2.53. The second-order valence-electron chi connectivity index (χ2n) is 3.83. The molecule has 76 valence electrons. The molecule has 0 spiro atoms. The molecule has 0 N–H and O–H groups in total. The molecular weight excluding hydrogens is 248 g/mol. The Bertz CT molecular complexity index is 469. The Hall–Kier alpha value is -1.08. The molecule has 0 aliphatic heterocycles. The van der Waals surface area contributed by atoms with Crippen LogP contribution in [0.4, 0.5) is 0 Å². The van der Waals surface area contributed by atoms with Gasteiger partial charge in [0.25, 0.3) is 0 Å². The van der Waals surface area contributed by atoms with Crippen LogP contribution < -0.4 is 0 Å². The fourth-order valence-corrected chi connectivity index (χ4v) is 1.94. The van der Waals surface area contributed by atoms with Crippen molar-refractivity contribution in [3.05, 3.63) is 58.1 Å². The fourth-order valence-electron chi connectivity index (χ4n) is 1.68. The van der Waals surface area contributed by atoms with Crippen molar-refractivity contribution in [3.63, 3.8) is 0 Å². The third kappa shape index (κ3) is 2.29. The van der Waals surface area contributed by atoms with E-state index in [0.29, 0.717) is 0 Å².